The van der Waals surface area contributed by atoms with E-state index in [1.807, 2.05) is 13.0 Å². The van der Waals surface area contributed by atoms with Crippen LogP contribution in [0.3, 0.4) is 0 Å². The van der Waals surface area contributed by atoms with Crippen molar-refractivity contribution in [1.82, 2.24) is 19.5 Å². The smallest absolute Gasteiger partial charge is 0.343 e. The number of pyridine rings is 2. The third-order valence-corrected chi connectivity index (χ3v) is 12.7. The molecule has 0 spiro atoms. The molecule has 0 unspecified atom stereocenters. The van der Waals surface area contributed by atoms with E-state index in [0.29, 0.717) is 40.6 Å². The molecule has 0 radical (unpaired) electrons. The molecule has 1 amide bonds. The van der Waals surface area contributed by atoms with Gasteiger partial charge in [-0.2, -0.15) is 0 Å². The molecule has 338 valence electrons. The van der Waals surface area contributed by atoms with Crippen molar-refractivity contribution in [3.05, 3.63) is 134 Å². The Morgan fingerprint density at radius 2 is 1.83 bits per heavy atom. The van der Waals surface area contributed by atoms with Crippen LogP contribution in [0, 0.1) is 18.6 Å². The molecule has 9 rings (SSSR count). The normalized spacial score (nSPS) is 16.0. The molecule has 1 aliphatic carbocycles. The third kappa shape index (κ3) is 7.84. The molecule has 1 saturated carbocycles. The molecule has 14 nitrogen and oxygen atoms in total. The SMILES string of the molecule is C=C(COc1ccc2nc3c(c(CC)c2c1)Cn1c-3cc2c(c1=O)COC(=O)[C@]2(O)CC)C(=O)CCCOc1c(N)ncnc1-c1cc(F)cc(NC(=O)c2ccc(C3CC3)cc2F)c1C. The van der Waals surface area contributed by atoms with E-state index in [9.17, 15) is 28.7 Å². The molecule has 66 heavy (non-hydrogen) atoms. The number of nitrogen functional groups attached to an aromatic ring is 1. The first-order valence-corrected chi connectivity index (χ1v) is 21.8. The molecular formula is C50H46F2N6O8. The number of ether oxygens (including phenoxy) is 3. The maximum atomic E-state index is 15.1. The van der Waals surface area contributed by atoms with Gasteiger partial charge in [-0.3, -0.25) is 14.4 Å². The zero-order valence-electron chi connectivity index (χ0n) is 36.6. The summed E-state index contributed by atoms with van der Waals surface area (Å²) in [5.74, 6) is -2.27. The summed E-state index contributed by atoms with van der Waals surface area (Å²) in [4.78, 5) is 66.0. The first-order chi connectivity index (χ1) is 31.7. The lowest BCUT2D eigenvalue weighted by atomic mass is 9.86. The number of halogens is 2. The van der Waals surface area contributed by atoms with Gasteiger partial charge < -0.3 is 34.9 Å². The third-order valence-electron chi connectivity index (χ3n) is 12.7. The first kappa shape index (κ1) is 43.9. The van der Waals surface area contributed by atoms with Crippen molar-refractivity contribution >= 4 is 40.1 Å². The first-order valence-electron chi connectivity index (χ1n) is 21.8. The average molecular weight is 897 g/mol. The molecule has 1 fully saturated rings. The average Bonchev–Trinajstić information content (AvgIpc) is 4.10. The van der Waals surface area contributed by atoms with Crippen LogP contribution in [0.5, 0.6) is 11.5 Å². The van der Waals surface area contributed by atoms with E-state index in [1.165, 1.54) is 24.5 Å². The van der Waals surface area contributed by atoms with Crippen LogP contribution in [0.2, 0.25) is 0 Å². The van der Waals surface area contributed by atoms with Crippen molar-refractivity contribution in [2.24, 2.45) is 0 Å². The number of carbonyl (C=O) groups is 3. The number of cyclic esters (lactones) is 1. The highest BCUT2D eigenvalue weighted by molar-refractivity contribution is 6.05. The van der Waals surface area contributed by atoms with Gasteiger partial charge in [0.1, 0.15) is 42.6 Å². The lowest BCUT2D eigenvalue weighted by molar-refractivity contribution is -0.172. The molecular weight excluding hydrogens is 851 g/mol. The summed E-state index contributed by atoms with van der Waals surface area (Å²) < 4.78 is 48.9. The number of Topliss-reactive ketones (excluding diaryl/α,β-unsaturated/α-hetero) is 1. The number of esters is 1. The number of fused-ring (bicyclic) bond motifs is 5. The number of hydrogen-bond donors (Lipinski definition) is 3. The highest BCUT2D eigenvalue weighted by Gasteiger charge is 2.45. The highest BCUT2D eigenvalue weighted by Crippen LogP contribution is 2.43. The summed E-state index contributed by atoms with van der Waals surface area (Å²) >= 11 is 0. The molecule has 5 heterocycles. The van der Waals surface area contributed by atoms with Crippen LogP contribution in [0.25, 0.3) is 33.5 Å². The van der Waals surface area contributed by atoms with Crippen molar-refractivity contribution in [2.75, 3.05) is 24.3 Å². The van der Waals surface area contributed by atoms with Crippen molar-refractivity contribution in [3.63, 3.8) is 0 Å². The maximum absolute atomic E-state index is 15.1. The van der Waals surface area contributed by atoms with E-state index in [2.05, 4.69) is 21.9 Å². The summed E-state index contributed by atoms with van der Waals surface area (Å²) in [5, 5.41) is 14.7. The predicted octanol–water partition coefficient (Wildman–Crippen LogP) is 7.76. The second kappa shape index (κ2) is 17.2. The number of anilines is 2. The van der Waals surface area contributed by atoms with Gasteiger partial charge in [-0.05, 0) is 110 Å². The fourth-order valence-corrected chi connectivity index (χ4v) is 8.82. The summed E-state index contributed by atoms with van der Waals surface area (Å²) in [7, 11) is 0. The molecule has 3 aromatic heterocycles. The molecule has 16 heteroatoms. The lowest BCUT2D eigenvalue weighted by Crippen LogP contribution is -2.44. The largest absolute Gasteiger partial charge is 0.489 e. The number of rotatable bonds is 15. The second-order valence-electron chi connectivity index (χ2n) is 16.9. The topological polar surface area (TPSA) is 198 Å². The van der Waals surface area contributed by atoms with Crippen LogP contribution in [-0.2, 0) is 39.5 Å². The van der Waals surface area contributed by atoms with Gasteiger partial charge in [0.15, 0.2) is 23.0 Å². The molecule has 2 aliphatic heterocycles. The number of nitrogens with zero attached hydrogens (tertiary/aromatic N) is 4. The van der Waals surface area contributed by atoms with Crippen molar-refractivity contribution in [2.45, 2.75) is 84.0 Å². The Morgan fingerprint density at radius 1 is 1.03 bits per heavy atom. The molecule has 1 atom stereocenters. The van der Waals surface area contributed by atoms with Crippen LogP contribution in [0.1, 0.15) is 95.6 Å². The van der Waals surface area contributed by atoms with E-state index in [0.717, 1.165) is 41.0 Å². The van der Waals surface area contributed by atoms with Gasteiger partial charge in [0, 0.05) is 39.8 Å². The van der Waals surface area contributed by atoms with Gasteiger partial charge in [0.05, 0.1) is 41.2 Å². The minimum atomic E-state index is -1.93. The van der Waals surface area contributed by atoms with Gasteiger partial charge in [0.25, 0.3) is 11.5 Å². The number of aryl methyl sites for hydroxylation is 1. The van der Waals surface area contributed by atoms with E-state index < -0.39 is 29.1 Å². The van der Waals surface area contributed by atoms with E-state index in [1.54, 1.807) is 42.7 Å². The molecule has 3 aromatic carbocycles. The number of aromatic nitrogens is 4. The number of ketones is 1. The van der Waals surface area contributed by atoms with Crippen molar-refractivity contribution in [3.8, 4) is 34.1 Å². The number of nitrogens with one attached hydrogen (secondary N) is 1. The fraction of sp³-hybridized carbons (Fsp3) is 0.300. The summed E-state index contributed by atoms with van der Waals surface area (Å²) in [6.07, 6.45) is 4.15. The Bertz CT molecular complexity index is 3110. The maximum Gasteiger partial charge on any atom is 0.343 e. The Hall–Kier alpha value is -7.33. The molecule has 3 aliphatic rings. The van der Waals surface area contributed by atoms with Crippen LogP contribution in [-0.4, -0.2) is 55.5 Å². The number of nitrogens with two attached hydrogens (primary N) is 1. The Balaban J connectivity index is 0.839. The summed E-state index contributed by atoms with van der Waals surface area (Å²) in [6, 6.07) is 14.0. The van der Waals surface area contributed by atoms with Crippen LogP contribution >= 0.6 is 0 Å². The second-order valence-corrected chi connectivity index (χ2v) is 16.9. The molecule has 4 N–H and O–H groups in total. The molecule has 0 saturated heterocycles. The van der Waals surface area contributed by atoms with E-state index in [-0.39, 0.29) is 108 Å². The number of hydrogen-bond acceptors (Lipinski definition) is 12. The Kier molecular flexibility index (Phi) is 11.5. The van der Waals surface area contributed by atoms with Crippen molar-refractivity contribution < 1.29 is 42.5 Å². The minimum absolute atomic E-state index is 0.0182. The number of aliphatic hydroxyl groups is 1. The predicted molar refractivity (Wildman–Crippen MR) is 241 cm³/mol. The van der Waals surface area contributed by atoms with E-state index in [4.69, 9.17) is 24.9 Å². The van der Waals surface area contributed by atoms with Gasteiger partial charge in [-0.15, -0.1) is 0 Å². The van der Waals surface area contributed by atoms with Crippen LogP contribution < -0.4 is 26.1 Å². The van der Waals surface area contributed by atoms with Gasteiger partial charge in [0.2, 0.25) is 0 Å². The molecule has 0 bridgehead atoms. The minimum Gasteiger partial charge on any atom is -0.489 e. The fourth-order valence-electron chi connectivity index (χ4n) is 8.82. The van der Waals surface area contributed by atoms with Gasteiger partial charge in [-0.1, -0.05) is 26.5 Å². The summed E-state index contributed by atoms with van der Waals surface area (Å²) in [6.45, 7) is 9.25. The van der Waals surface area contributed by atoms with Gasteiger partial charge >= 0.3 is 5.97 Å². The van der Waals surface area contributed by atoms with E-state index >= 15 is 4.39 Å². The Labute approximate surface area is 377 Å². The summed E-state index contributed by atoms with van der Waals surface area (Å²) in [5.41, 5.74) is 9.92. The highest BCUT2D eigenvalue weighted by atomic mass is 19.1. The van der Waals surface area contributed by atoms with Crippen LogP contribution in [0.4, 0.5) is 20.3 Å². The number of amides is 1. The zero-order valence-corrected chi connectivity index (χ0v) is 36.6. The number of carbonyl (C=O) groups excluding carboxylic acids is 3. The zero-order chi connectivity index (χ0) is 46.6. The Morgan fingerprint density at radius 3 is 2.58 bits per heavy atom. The standard InChI is InChI=1S/C50H46F2N6O8/c1-5-31-34-19-30(12-14-39(34)56-43-35(31)21-58-41(43)20-37-36(48(58)61)23-66-49(62)50(37,63)6-2)65-22-25(3)42(59)8-7-15-64-45-44(54-24-55-46(45)53)33-17-29(51)18-40(26(33)4)57-47(60)32-13-11-28(16-38(32)52)27-9-10-27/h11-14,16-20,24,27,63H,3,5-10,15,21-23H2,1-2,4H3,(H,57,60)(H2,53,54,55)/t50-/m0/s1. The van der Waals surface area contributed by atoms with Gasteiger partial charge in [-0.25, -0.2) is 28.5 Å². The number of benzene rings is 3. The van der Waals surface area contributed by atoms with Crippen LogP contribution in [0.15, 0.2) is 77.9 Å². The molecule has 6 aromatic rings. The van der Waals surface area contributed by atoms with Crippen molar-refractivity contribution in [1.29, 1.82) is 0 Å². The monoisotopic (exact) mass is 896 g/mol. The lowest BCUT2D eigenvalue weighted by Gasteiger charge is -2.31. The quantitative estimate of drug-likeness (QED) is 0.0515.